The SMILES string of the molecule is CCOC(=O)c1c(C)nc(C)c([P+]2(O)OC(C)CC(C)O2)c1-c1ccccc1[N+](=O)[O-]. The standard InChI is InChI=1S/C21H26N2O7P/c1-6-28-21(24)18-14(4)22-15(5)20(31(27)29-12(2)11-13(3)30-31)19(18)16-9-7-8-10-17(16)23(25)26/h7-10,12-13,27H,6,11H2,1-5H3/q+1. The smallest absolute Gasteiger partial charge is 0.449 e. The van der Waals surface area contributed by atoms with E-state index < -0.39 is 18.8 Å². The Morgan fingerprint density at radius 1 is 1.26 bits per heavy atom. The maximum absolute atomic E-state index is 12.9. The molecule has 2 heterocycles. The van der Waals surface area contributed by atoms with Crippen molar-refractivity contribution in [2.75, 3.05) is 6.61 Å². The van der Waals surface area contributed by atoms with Crippen LogP contribution in [0.1, 0.15) is 48.9 Å². The van der Waals surface area contributed by atoms with Crippen molar-refractivity contribution >= 4 is 24.9 Å². The van der Waals surface area contributed by atoms with E-state index in [2.05, 4.69) is 4.98 Å². The van der Waals surface area contributed by atoms with Crippen molar-refractivity contribution in [3.8, 4) is 11.1 Å². The molecule has 1 aliphatic heterocycles. The second kappa shape index (κ2) is 8.96. The Morgan fingerprint density at radius 2 is 1.87 bits per heavy atom. The van der Waals surface area contributed by atoms with E-state index in [-0.39, 0.29) is 46.5 Å². The Morgan fingerprint density at radius 3 is 2.45 bits per heavy atom. The second-order valence-corrected chi connectivity index (χ2v) is 9.37. The summed E-state index contributed by atoms with van der Waals surface area (Å²) in [5.41, 5.74) is 0.846. The first-order valence-corrected chi connectivity index (χ1v) is 11.6. The number of pyridine rings is 1. The summed E-state index contributed by atoms with van der Waals surface area (Å²) in [4.78, 5) is 40.2. The predicted octanol–water partition coefficient (Wildman–Crippen LogP) is 4.04. The van der Waals surface area contributed by atoms with Gasteiger partial charge >= 0.3 is 13.9 Å². The van der Waals surface area contributed by atoms with Gasteiger partial charge in [-0.2, -0.15) is 13.9 Å². The Kier molecular flexibility index (Phi) is 6.71. The van der Waals surface area contributed by atoms with Crippen LogP contribution in [0.3, 0.4) is 0 Å². The number of rotatable bonds is 5. The van der Waals surface area contributed by atoms with Gasteiger partial charge in [0, 0.05) is 12.5 Å². The molecule has 0 radical (unpaired) electrons. The third-order valence-electron chi connectivity index (χ3n) is 4.97. The van der Waals surface area contributed by atoms with Crippen LogP contribution in [0.25, 0.3) is 11.1 Å². The molecule has 166 valence electrons. The van der Waals surface area contributed by atoms with Crippen molar-refractivity contribution in [2.45, 2.75) is 53.2 Å². The number of ether oxygens (including phenoxy) is 1. The maximum atomic E-state index is 12.9. The molecule has 9 nitrogen and oxygen atoms in total. The number of aromatic nitrogens is 1. The monoisotopic (exact) mass is 449 g/mol. The minimum atomic E-state index is -3.72. The molecule has 0 spiro atoms. The molecule has 1 aliphatic rings. The first kappa shape index (κ1) is 23.2. The Bertz CT molecular complexity index is 1020. The lowest BCUT2D eigenvalue weighted by atomic mass is 9.96. The summed E-state index contributed by atoms with van der Waals surface area (Å²) in [5.74, 6) is -0.688. The number of hydrogen-bond acceptors (Lipinski definition) is 8. The van der Waals surface area contributed by atoms with Crippen molar-refractivity contribution < 1.29 is 28.4 Å². The van der Waals surface area contributed by atoms with Gasteiger partial charge in [-0.15, -0.1) is 0 Å². The molecule has 0 amide bonds. The van der Waals surface area contributed by atoms with Crippen molar-refractivity contribution in [3.63, 3.8) is 0 Å². The molecule has 1 aromatic carbocycles. The minimum absolute atomic E-state index is 0.0447. The highest BCUT2D eigenvalue weighted by Gasteiger charge is 2.55. The molecule has 1 N–H and O–H groups in total. The summed E-state index contributed by atoms with van der Waals surface area (Å²) >= 11 is 0. The number of carbonyl (C=O) groups excluding carboxylic acids is 1. The Balaban J connectivity index is 2.43. The van der Waals surface area contributed by atoms with Gasteiger partial charge < -0.3 is 4.74 Å². The van der Waals surface area contributed by atoms with E-state index in [0.29, 0.717) is 17.8 Å². The van der Waals surface area contributed by atoms with Gasteiger partial charge in [-0.25, -0.2) is 4.79 Å². The molecular weight excluding hydrogens is 423 g/mol. The van der Waals surface area contributed by atoms with Gasteiger partial charge in [-0.05, 0) is 40.7 Å². The van der Waals surface area contributed by atoms with Crippen LogP contribution < -0.4 is 5.30 Å². The zero-order valence-electron chi connectivity index (χ0n) is 18.1. The van der Waals surface area contributed by atoms with Gasteiger partial charge in [-0.3, -0.25) is 15.1 Å². The van der Waals surface area contributed by atoms with Crippen LogP contribution in [0.4, 0.5) is 5.69 Å². The number of hydrogen-bond donors (Lipinski definition) is 1. The van der Waals surface area contributed by atoms with Crippen LogP contribution in [0.15, 0.2) is 24.3 Å². The van der Waals surface area contributed by atoms with Gasteiger partial charge in [0.1, 0.15) is 12.2 Å². The lowest BCUT2D eigenvalue weighted by Gasteiger charge is -2.31. The van der Waals surface area contributed by atoms with Gasteiger partial charge in [0.25, 0.3) is 5.69 Å². The molecule has 2 aromatic rings. The molecule has 0 aliphatic carbocycles. The van der Waals surface area contributed by atoms with Gasteiger partial charge in [0.2, 0.25) is 5.30 Å². The second-order valence-electron chi connectivity index (χ2n) is 7.46. The number of nitro groups is 1. The lowest BCUT2D eigenvalue weighted by Crippen LogP contribution is -2.35. The van der Waals surface area contributed by atoms with Crippen molar-refractivity contribution in [2.24, 2.45) is 0 Å². The fourth-order valence-electron chi connectivity index (χ4n) is 3.92. The zero-order chi connectivity index (χ0) is 22.9. The molecule has 1 aromatic heterocycles. The summed E-state index contributed by atoms with van der Waals surface area (Å²) in [6.45, 7) is 8.69. The van der Waals surface area contributed by atoms with Crippen LogP contribution in [-0.4, -0.2) is 39.6 Å². The third kappa shape index (κ3) is 4.45. The molecule has 0 bridgehead atoms. The normalized spacial score (nSPS) is 23.4. The molecular formula is C21H26N2O7P+. The van der Waals surface area contributed by atoms with E-state index in [1.807, 2.05) is 13.8 Å². The first-order valence-electron chi connectivity index (χ1n) is 10.00. The van der Waals surface area contributed by atoms with Crippen LogP contribution in [-0.2, 0) is 13.8 Å². The lowest BCUT2D eigenvalue weighted by molar-refractivity contribution is -0.384. The van der Waals surface area contributed by atoms with Crippen molar-refractivity contribution in [3.05, 3.63) is 51.3 Å². The summed E-state index contributed by atoms with van der Waals surface area (Å²) in [7, 11) is -3.72. The number of nitrogens with zero attached hydrogens (tertiary/aromatic N) is 2. The van der Waals surface area contributed by atoms with E-state index in [9.17, 15) is 19.8 Å². The number of benzene rings is 1. The van der Waals surface area contributed by atoms with Crippen LogP contribution in [0.5, 0.6) is 0 Å². The Labute approximate surface area is 181 Å². The van der Waals surface area contributed by atoms with E-state index >= 15 is 0 Å². The third-order valence-corrected chi connectivity index (χ3v) is 7.37. The zero-order valence-corrected chi connectivity index (χ0v) is 19.0. The largest absolute Gasteiger partial charge is 0.462 e. The van der Waals surface area contributed by atoms with Gasteiger partial charge in [-0.1, -0.05) is 12.1 Å². The molecule has 1 saturated heterocycles. The molecule has 31 heavy (non-hydrogen) atoms. The van der Waals surface area contributed by atoms with Gasteiger partial charge in [0.05, 0.1) is 39.6 Å². The van der Waals surface area contributed by atoms with Crippen molar-refractivity contribution in [1.29, 1.82) is 0 Å². The van der Waals surface area contributed by atoms with E-state index in [1.165, 1.54) is 18.2 Å². The van der Waals surface area contributed by atoms with E-state index in [4.69, 9.17) is 13.8 Å². The number of carbonyl (C=O) groups is 1. The summed E-state index contributed by atoms with van der Waals surface area (Å²) in [5, 5.41) is 12.0. The Hall–Kier alpha value is -2.45. The highest BCUT2D eigenvalue weighted by atomic mass is 31.2. The highest BCUT2D eigenvalue weighted by Crippen LogP contribution is 2.63. The molecule has 1 fully saturated rings. The molecule has 10 heteroatoms. The van der Waals surface area contributed by atoms with Gasteiger partial charge in [0.15, 0.2) is 0 Å². The number of nitro benzene ring substituents is 1. The highest BCUT2D eigenvalue weighted by molar-refractivity contribution is 7.69. The maximum Gasteiger partial charge on any atom is 0.449 e. The van der Waals surface area contributed by atoms with Crippen LogP contribution in [0, 0.1) is 24.0 Å². The van der Waals surface area contributed by atoms with Crippen LogP contribution in [0.2, 0.25) is 0 Å². The molecule has 2 unspecified atom stereocenters. The fourth-order valence-corrected chi connectivity index (χ4v) is 6.30. The fraction of sp³-hybridized carbons (Fsp3) is 0.429. The number of para-hydroxylation sites is 1. The topological polar surface area (TPSA) is 121 Å². The minimum Gasteiger partial charge on any atom is -0.462 e. The molecule has 0 saturated carbocycles. The van der Waals surface area contributed by atoms with Crippen molar-refractivity contribution in [1.82, 2.24) is 4.98 Å². The summed E-state index contributed by atoms with van der Waals surface area (Å²) in [6, 6.07) is 6.04. The molecule has 2 atom stereocenters. The summed E-state index contributed by atoms with van der Waals surface area (Å²) in [6.07, 6.45) is -0.0495. The van der Waals surface area contributed by atoms with Crippen LogP contribution >= 0.6 is 7.94 Å². The number of aryl methyl sites for hydroxylation is 2. The molecule has 3 rings (SSSR count). The quantitative estimate of drug-likeness (QED) is 0.314. The predicted molar refractivity (Wildman–Crippen MR) is 116 cm³/mol. The summed E-state index contributed by atoms with van der Waals surface area (Å²) < 4.78 is 17.0. The van der Waals surface area contributed by atoms with E-state index in [0.717, 1.165) is 0 Å². The average Bonchev–Trinajstić information content (AvgIpc) is 2.66. The first-order chi connectivity index (χ1) is 14.6. The number of esters is 1. The van der Waals surface area contributed by atoms with E-state index in [1.54, 1.807) is 26.8 Å². The average molecular weight is 449 g/mol.